The van der Waals surface area contributed by atoms with E-state index in [0.29, 0.717) is 0 Å². The van der Waals surface area contributed by atoms with Crippen LogP contribution in [-0.2, 0) is 0 Å². The average Bonchev–Trinajstić information content (AvgIpc) is 0.918. The molecule has 0 aromatic heterocycles. The van der Waals surface area contributed by atoms with Gasteiger partial charge in [-0.1, -0.05) is 0 Å². The molecule has 0 aliphatic heterocycles. The van der Waals surface area contributed by atoms with E-state index in [0.717, 1.165) is 10.2 Å². The van der Waals surface area contributed by atoms with Gasteiger partial charge in [-0.05, 0) is 0 Å². The van der Waals surface area contributed by atoms with Gasteiger partial charge in [-0.25, -0.2) is 0 Å². The zero-order valence-electron chi connectivity index (χ0n) is 3.51. The van der Waals surface area contributed by atoms with E-state index in [4.69, 9.17) is 0 Å². The maximum absolute atomic E-state index is 3.42. The number of rotatable bonds is 0. The average molecular weight is 168 g/mol. The Morgan fingerprint density at radius 3 is 1.17 bits per heavy atom. The summed E-state index contributed by atoms with van der Waals surface area (Å²) in [6.07, 6.45) is 0. The molecule has 0 unspecified atom stereocenters. The van der Waals surface area contributed by atoms with E-state index in [2.05, 4.69) is 6.58 Å². The van der Waals surface area contributed by atoms with E-state index in [1.54, 1.807) is 0 Å². The monoisotopic (exact) mass is 166 g/mol. The van der Waals surface area contributed by atoms with Crippen LogP contribution in [0.1, 0.15) is 0 Å². The fourth-order valence-corrected chi connectivity index (χ4v) is 0. The van der Waals surface area contributed by atoms with E-state index in [9.17, 15) is 0 Å². The highest BCUT2D eigenvalue weighted by molar-refractivity contribution is 6.16. The lowest BCUT2D eigenvalue weighted by Crippen LogP contribution is -1.29. The van der Waals surface area contributed by atoms with Crippen LogP contribution in [0.2, 0.25) is 0 Å². The molecular weight excluding hydrogens is 158 g/mol. The Labute approximate surface area is 60.0 Å². The summed E-state index contributed by atoms with van der Waals surface area (Å²) in [5.74, 6) is 0. The van der Waals surface area contributed by atoms with Crippen LogP contribution in [0.4, 0.5) is 0 Å². The lowest BCUT2D eigenvalue weighted by molar-refractivity contribution is 2.63. The number of hydrogen-bond donors (Lipinski definition) is 0. The minimum Gasteiger partial charge on any atom is -0.147 e. The van der Waals surface area contributed by atoms with Crippen molar-refractivity contribution in [3.63, 3.8) is 0 Å². The van der Waals surface area contributed by atoms with Crippen molar-refractivity contribution < 1.29 is 0 Å². The van der Waals surface area contributed by atoms with Gasteiger partial charge < -0.3 is 0 Å². The summed E-state index contributed by atoms with van der Waals surface area (Å²) in [5, 5.41) is 0. The van der Waals surface area contributed by atoms with Crippen molar-refractivity contribution in [2.24, 2.45) is 0 Å². The molecule has 0 N–H and O–H groups in total. The van der Waals surface area contributed by atoms with Gasteiger partial charge in [-0.3, -0.25) is 0 Å². The van der Waals surface area contributed by atoms with Gasteiger partial charge in [0.2, 0.25) is 0 Å². The van der Waals surface area contributed by atoms with Crippen molar-refractivity contribution in [2.45, 2.75) is 0 Å². The summed E-state index contributed by atoms with van der Waals surface area (Å²) in [7, 11) is 1.13. The molecule has 0 amide bonds. The molecule has 42 valence electrons. The first-order chi connectivity index (χ1) is 1.41. The van der Waals surface area contributed by atoms with Gasteiger partial charge in [0.15, 0.2) is 0 Å². The Balaban J connectivity index is -0.00000000667. The third kappa shape index (κ3) is 103. The van der Waals surface area contributed by atoms with Gasteiger partial charge in [-0.15, -0.1) is 49.5 Å². The van der Waals surface area contributed by atoms with Crippen molar-refractivity contribution in [3.8, 4) is 0 Å². The smallest absolute Gasteiger partial charge is 0.0283 e. The minimum absolute atomic E-state index is 0. The van der Waals surface area contributed by atoms with E-state index < -0.39 is 0 Å². The maximum Gasteiger partial charge on any atom is 0.0283 e. The Morgan fingerprint density at radius 1 is 1.17 bits per heavy atom. The summed E-state index contributed by atoms with van der Waals surface area (Å²) in [4.78, 5) is 0. The zero-order chi connectivity index (χ0) is 2.71. The van der Waals surface area contributed by atoms with E-state index in [1.165, 1.54) is 0 Å². The van der Waals surface area contributed by atoms with Crippen LogP contribution in [0, 0.1) is 0 Å². The second-order valence-corrected chi connectivity index (χ2v) is 1.22. The Bertz CT molecular complexity index is 16.3. The molecule has 0 fully saturated rings. The van der Waals surface area contributed by atoms with Gasteiger partial charge in [0.1, 0.15) is 0 Å². The number of halogens is 3. The first-order valence-corrected chi connectivity index (χ1v) is 2.14. The molecule has 0 saturated heterocycles. The van der Waals surface area contributed by atoms with Crippen LogP contribution in [0.15, 0.2) is 12.3 Å². The molecule has 0 spiro atoms. The van der Waals surface area contributed by atoms with Gasteiger partial charge >= 0.3 is 0 Å². The van der Waals surface area contributed by atoms with Crippen molar-refractivity contribution in [3.05, 3.63) is 12.3 Å². The Hall–Kier alpha value is 0.827. The normalized spacial score (nSPS) is 2.67. The van der Waals surface area contributed by atoms with Crippen LogP contribution in [0.3, 0.4) is 0 Å². The lowest BCUT2D eigenvalue weighted by atomic mass is 11.3. The predicted molar refractivity (Wildman–Crippen MR) is 41.9 cm³/mol. The number of hydrogen-bond acceptors (Lipinski definition) is 0. The van der Waals surface area contributed by atoms with E-state index >= 15 is 0 Å². The van der Waals surface area contributed by atoms with Gasteiger partial charge in [0.05, 0.1) is 0 Å². The van der Waals surface area contributed by atoms with Crippen LogP contribution < -0.4 is 0 Å². The van der Waals surface area contributed by atoms with Crippen molar-refractivity contribution in [2.75, 3.05) is 0 Å². The standard InChI is InChI=1S/C2H6Si.3ClH/c1-2-3;;;/h2H,1H2,3H3;3*1H. The fraction of sp³-hybridized carbons (Fsp3) is 0. The molecule has 0 aromatic rings. The highest BCUT2D eigenvalue weighted by Gasteiger charge is 1.16. The second kappa shape index (κ2) is 40.7. The first-order valence-electron chi connectivity index (χ1n) is 0.986. The molecule has 0 heterocycles. The zero-order valence-corrected chi connectivity index (χ0v) is 7.96. The Morgan fingerprint density at radius 2 is 1.17 bits per heavy atom. The van der Waals surface area contributed by atoms with Crippen LogP contribution in [-0.4, -0.2) is 10.2 Å². The molecule has 6 heavy (non-hydrogen) atoms. The molecular formula is C2H9Cl3Si. The molecule has 0 rings (SSSR count). The van der Waals surface area contributed by atoms with Crippen molar-refractivity contribution >= 4 is 47.5 Å². The highest BCUT2D eigenvalue weighted by Crippen LogP contribution is 1.24. The molecule has 0 aliphatic rings. The predicted octanol–water partition coefficient (Wildman–Crippen LogP) is 0.761. The van der Waals surface area contributed by atoms with Gasteiger partial charge in [0, 0.05) is 10.2 Å². The molecule has 4 heteroatoms. The molecule has 0 atom stereocenters. The maximum atomic E-state index is 3.42. The highest BCUT2D eigenvalue weighted by atomic mass is 35.5. The van der Waals surface area contributed by atoms with Gasteiger partial charge in [0.25, 0.3) is 0 Å². The molecule has 0 nitrogen and oxygen atoms in total. The summed E-state index contributed by atoms with van der Waals surface area (Å²) >= 11 is 0. The third-order valence-corrected chi connectivity index (χ3v) is 0. The lowest BCUT2D eigenvalue weighted by Gasteiger charge is -1.29. The summed E-state index contributed by atoms with van der Waals surface area (Å²) in [5.41, 5.74) is 1.89. The van der Waals surface area contributed by atoms with Crippen molar-refractivity contribution in [1.29, 1.82) is 0 Å². The van der Waals surface area contributed by atoms with E-state index in [-0.39, 0.29) is 37.2 Å². The molecule has 0 bridgehead atoms. The molecule has 0 aromatic carbocycles. The molecule has 0 radical (unpaired) electrons. The quantitative estimate of drug-likeness (QED) is 0.468. The Kier molecular flexibility index (Phi) is 197. The SMILES string of the molecule is C=C[SiH3].Cl.Cl.Cl. The summed E-state index contributed by atoms with van der Waals surface area (Å²) < 4.78 is 0. The minimum atomic E-state index is 0. The third-order valence-electron chi connectivity index (χ3n) is 0. The topological polar surface area (TPSA) is 0 Å². The van der Waals surface area contributed by atoms with Gasteiger partial charge in [-0.2, -0.15) is 0 Å². The molecule has 0 saturated carbocycles. The summed E-state index contributed by atoms with van der Waals surface area (Å²) in [6.45, 7) is 3.42. The second-order valence-electron chi connectivity index (χ2n) is 0.408. The largest absolute Gasteiger partial charge is 0.147 e. The van der Waals surface area contributed by atoms with Crippen molar-refractivity contribution in [1.82, 2.24) is 0 Å². The molecule has 0 aliphatic carbocycles. The first kappa shape index (κ1) is 29.0. The van der Waals surface area contributed by atoms with Crippen LogP contribution >= 0.6 is 37.2 Å². The fourth-order valence-electron chi connectivity index (χ4n) is 0. The van der Waals surface area contributed by atoms with Crippen LogP contribution in [0.5, 0.6) is 0 Å². The summed E-state index contributed by atoms with van der Waals surface area (Å²) in [6, 6.07) is 0. The van der Waals surface area contributed by atoms with Crippen LogP contribution in [0.25, 0.3) is 0 Å². The van der Waals surface area contributed by atoms with E-state index in [1.807, 2.05) is 5.70 Å².